The van der Waals surface area contributed by atoms with E-state index in [-0.39, 0.29) is 11.9 Å². The quantitative estimate of drug-likeness (QED) is 0.729. The predicted molar refractivity (Wildman–Crippen MR) is 72.0 cm³/mol. The molecule has 1 fully saturated rings. The number of rotatable bonds is 1. The van der Waals surface area contributed by atoms with Gasteiger partial charge in [0, 0.05) is 17.5 Å². The van der Waals surface area contributed by atoms with Crippen LogP contribution in [0.4, 0.5) is 0 Å². The molecule has 3 heteroatoms. The van der Waals surface area contributed by atoms with Crippen molar-refractivity contribution in [2.24, 2.45) is 0 Å². The van der Waals surface area contributed by atoms with Crippen LogP contribution in [0.1, 0.15) is 24.8 Å². The summed E-state index contributed by atoms with van der Waals surface area (Å²) in [6, 6.07) is 9.82. The Bertz CT molecular complexity index is 437. The van der Waals surface area contributed by atoms with Crippen LogP contribution in [0.25, 0.3) is 0 Å². The van der Waals surface area contributed by atoms with Gasteiger partial charge in [-0.3, -0.25) is 4.79 Å². The highest BCUT2D eigenvalue weighted by molar-refractivity contribution is 5.94. The van der Waals surface area contributed by atoms with Crippen molar-refractivity contribution in [2.45, 2.75) is 25.3 Å². The summed E-state index contributed by atoms with van der Waals surface area (Å²) in [7, 11) is 0. The molecule has 18 heavy (non-hydrogen) atoms. The second kappa shape index (κ2) is 6.83. The van der Waals surface area contributed by atoms with E-state index in [4.69, 9.17) is 0 Å². The minimum Gasteiger partial charge on any atom is -0.342 e. The highest BCUT2D eigenvalue weighted by atomic mass is 16.1. The average molecular weight is 242 g/mol. The second-order valence-corrected chi connectivity index (χ2v) is 4.47. The van der Waals surface area contributed by atoms with Crippen LogP contribution >= 0.6 is 0 Å². The van der Waals surface area contributed by atoms with Crippen LogP contribution < -0.4 is 10.6 Å². The number of nitrogens with one attached hydrogen (secondary N) is 2. The molecule has 1 unspecified atom stereocenters. The smallest absolute Gasteiger partial charge is 0.296 e. The van der Waals surface area contributed by atoms with Crippen LogP contribution in [-0.2, 0) is 4.79 Å². The Morgan fingerprint density at radius 3 is 2.89 bits per heavy atom. The van der Waals surface area contributed by atoms with E-state index in [2.05, 4.69) is 22.5 Å². The van der Waals surface area contributed by atoms with Gasteiger partial charge in [0.15, 0.2) is 0 Å². The molecule has 3 nitrogen and oxygen atoms in total. The van der Waals surface area contributed by atoms with Crippen molar-refractivity contribution in [2.75, 3.05) is 13.1 Å². The van der Waals surface area contributed by atoms with Crippen molar-refractivity contribution in [1.82, 2.24) is 10.6 Å². The molecule has 1 aliphatic heterocycles. The Labute approximate surface area is 108 Å². The summed E-state index contributed by atoms with van der Waals surface area (Å²) in [6.45, 7) is 2.01. The monoisotopic (exact) mass is 242 g/mol. The minimum absolute atomic E-state index is 0.175. The third-order valence-electron chi connectivity index (χ3n) is 3.01. The van der Waals surface area contributed by atoms with E-state index < -0.39 is 0 Å². The first kappa shape index (κ1) is 12.7. The molecule has 1 aromatic rings. The Morgan fingerprint density at radius 2 is 2.06 bits per heavy atom. The van der Waals surface area contributed by atoms with E-state index in [0.29, 0.717) is 0 Å². The Hall–Kier alpha value is -1.79. The molecule has 0 aromatic heterocycles. The van der Waals surface area contributed by atoms with Gasteiger partial charge < -0.3 is 10.6 Å². The van der Waals surface area contributed by atoms with E-state index >= 15 is 0 Å². The molecule has 0 spiro atoms. The van der Waals surface area contributed by atoms with Gasteiger partial charge in [0.05, 0.1) is 0 Å². The largest absolute Gasteiger partial charge is 0.342 e. The van der Waals surface area contributed by atoms with Crippen LogP contribution in [0.15, 0.2) is 30.3 Å². The lowest BCUT2D eigenvalue weighted by molar-refractivity contribution is -0.116. The molecule has 94 valence electrons. The molecule has 0 saturated carbocycles. The van der Waals surface area contributed by atoms with Crippen molar-refractivity contribution in [3.8, 4) is 11.8 Å². The highest BCUT2D eigenvalue weighted by Crippen LogP contribution is 2.04. The molecule has 1 aliphatic rings. The molecule has 0 aliphatic carbocycles. The molecular formula is C15H18N2O. The van der Waals surface area contributed by atoms with E-state index in [1.807, 2.05) is 30.3 Å². The zero-order chi connectivity index (χ0) is 12.6. The van der Waals surface area contributed by atoms with Crippen LogP contribution in [0.5, 0.6) is 0 Å². The molecule has 1 amide bonds. The number of hydrogen-bond acceptors (Lipinski definition) is 2. The van der Waals surface area contributed by atoms with E-state index in [1.54, 1.807) is 0 Å². The Kier molecular flexibility index (Phi) is 4.80. The van der Waals surface area contributed by atoms with Gasteiger partial charge in [-0.05, 0) is 44.5 Å². The highest BCUT2D eigenvalue weighted by Gasteiger charge is 2.12. The van der Waals surface area contributed by atoms with Gasteiger partial charge in [-0.25, -0.2) is 0 Å². The molecule has 2 rings (SSSR count). The lowest BCUT2D eigenvalue weighted by Gasteiger charge is -2.13. The standard InChI is InChI=1S/C15H18N2O/c18-15(9-8-13-5-2-1-3-6-13)17-14-7-4-11-16-12-10-14/h1-3,5-6,14,16H,4,7,10-12H2,(H,17,18). The van der Waals surface area contributed by atoms with Crippen molar-refractivity contribution in [1.29, 1.82) is 0 Å². The van der Waals surface area contributed by atoms with Gasteiger partial charge in [0.1, 0.15) is 0 Å². The third kappa shape index (κ3) is 4.23. The second-order valence-electron chi connectivity index (χ2n) is 4.47. The summed E-state index contributed by atoms with van der Waals surface area (Å²) in [4.78, 5) is 11.7. The SMILES string of the molecule is O=C(C#Cc1ccccc1)NC1CCCNCC1. The van der Waals surface area contributed by atoms with E-state index in [0.717, 1.165) is 37.9 Å². The molecule has 0 radical (unpaired) electrons. The first-order valence-electron chi connectivity index (χ1n) is 6.43. The first-order chi connectivity index (χ1) is 8.84. The van der Waals surface area contributed by atoms with E-state index in [1.165, 1.54) is 0 Å². The topological polar surface area (TPSA) is 41.1 Å². The minimum atomic E-state index is -0.175. The predicted octanol–water partition coefficient (Wildman–Crippen LogP) is 1.30. The molecule has 2 N–H and O–H groups in total. The number of hydrogen-bond donors (Lipinski definition) is 2. The molecule has 0 bridgehead atoms. The molecule has 1 heterocycles. The van der Waals surface area contributed by atoms with Gasteiger partial charge in [-0.1, -0.05) is 24.1 Å². The van der Waals surface area contributed by atoms with Crippen molar-refractivity contribution in [3.05, 3.63) is 35.9 Å². The third-order valence-corrected chi connectivity index (χ3v) is 3.01. The van der Waals surface area contributed by atoms with Crippen LogP contribution in [0.3, 0.4) is 0 Å². The Balaban J connectivity index is 1.86. The summed E-state index contributed by atoms with van der Waals surface area (Å²) in [5, 5.41) is 6.30. The maximum atomic E-state index is 11.7. The number of carbonyl (C=O) groups is 1. The zero-order valence-electron chi connectivity index (χ0n) is 10.4. The fraction of sp³-hybridized carbons (Fsp3) is 0.400. The maximum Gasteiger partial charge on any atom is 0.296 e. The van der Waals surface area contributed by atoms with Crippen LogP contribution in [0.2, 0.25) is 0 Å². The molecular weight excluding hydrogens is 224 g/mol. The lowest BCUT2D eigenvalue weighted by Crippen LogP contribution is -2.34. The molecule has 1 atom stereocenters. The number of carbonyl (C=O) groups excluding carboxylic acids is 1. The average Bonchev–Trinajstić information content (AvgIpc) is 2.66. The summed E-state index contributed by atoms with van der Waals surface area (Å²) in [6.07, 6.45) is 3.13. The molecule has 1 aromatic carbocycles. The lowest BCUT2D eigenvalue weighted by atomic mass is 10.1. The fourth-order valence-electron chi connectivity index (χ4n) is 2.04. The number of amides is 1. The van der Waals surface area contributed by atoms with Crippen molar-refractivity contribution < 1.29 is 4.79 Å². The van der Waals surface area contributed by atoms with Crippen molar-refractivity contribution >= 4 is 5.91 Å². The summed E-state index contributed by atoms with van der Waals surface area (Å²) >= 11 is 0. The normalized spacial score (nSPS) is 19.2. The zero-order valence-corrected chi connectivity index (χ0v) is 10.4. The van der Waals surface area contributed by atoms with Gasteiger partial charge >= 0.3 is 0 Å². The van der Waals surface area contributed by atoms with Crippen LogP contribution in [0, 0.1) is 11.8 Å². The van der Waals surface area contributed by atoms with Crippen LogP contribution in [-0.4, -0.2) is 25.0 Å². The van der Waals surface area contributed by atoms with Gasteiger partial charge in [-0.2, -0.15) is 0 Å². The number of benzene rings is 1. The summed E-state index contributed by atoms with van der Waals surface area (Å²) in [5.41, 5.74) is 0.871. The summed E-state index contributed by atoms with van der Waals surface area (Å²) in [5.74, 6) is 5.34. The van der Waals surface area contributed by atoms with Gasteiger partial charge in [0.2, 0.25) is 0 Å². The van der Waals surface area contributed by atoms with Crippen molar-refractivity contribution in [3.63, 3.8) is 0 Å². The summed E-state index contributed by atoms with van der Waals surface area (Å²) < 4.78 is 0. The van der Waals surface area contributed by atoms with Gasteiger partial charge in [0.25, 0.3) is 5.91 Å². The van der Waals surface area contributed by atoms with E-state index in [9.17, 15) is 4.79 Å². The maximum absolute atomic E-state index is 11.7. The molecule has 1 saturated heterocycles. The Morgan fingerprint density at radius 1 is 1.22 bits per heavy atom. The van der Waals surface area contributed by atoms with Gasteiger partial charge in [-0.15, -0.1) is 0 Å². The fourth-order valence-corrected chi connectivity index (χ4v) is 2.04. The first-order valence-corrected chi connectivity index (χ1v) is 6.43.